The van der Waals surface area contributed by atoms with Crippen LogP contribution in [0, 0.1) is 11.3 Å². The maximum atomic E-state index is 13.5. The Morgan fingerprint density at radius 2 is 1.90 bits per heavy atom. The molecule has 2 heterocycles. The summed E-state index contributed by atoms with van der Waals surface area (Å²) in [5.41, 5.74) is 2.95. The number of hydrogen-bond acceptors (Lipinski definition) is 5. The smallest absolute Gasteiger partial charge is 0.283 e. The van der Waals surface area contributed by atoms with E-state index in [-0.39, 0.29) is 6.54 Å². The van der Waals surface area contributed by atoms with Gasteiger partial charge in [0.2, 0.25) is 0 Å². The fourth-order valence-corrected chi connectivity index (χ4v) is 5.30. The average molecular weight is 410 g/mol. The number of ether oxygens (including phenoxy) is 1. The predicted octanol–water partition coefficient (Wildman–Crippen LogP) is 2.26. The Bertz CT molecular complexity index is 1040. The summed E-state index contributed by atoms with van der Waals surface area (Å²) in [6.45, 7) is 1.61. The van der Waals surface area contributed by atoms with Gasteiger partial charge in [0, 0.05) is 25.8 Å². The zero-order valence-electron chi connectivity index (χ0n) is 15.9. The number of benzene rings is 2. The summed E-state index contributed by atoms with van der Waals surface area (Å²) in [4.78, 5) is 4.56. The van der Waals surface area contributed by atoms with Gasteiger partial charge in [-0.25, -0.2) is 0 Å². The second-order valence-electron chi connectivity index (χ2n) is 7.05. The Hall–Kier alpha value is -2.57. The van der Waals surface area contributed by atoms with Gasteiger partial charge in [-0.1, -0.05) is 30.3 Å². The van der Waals surface area contributed by atoms with Gasteiger partial charge in [0.15, 0.2) is 0 Å². The molecule has 2 aliphatic heterocycles. The molecule has 2 aliphatic rings. The third kappa shape index (κ3) is 4.23. The average Bonchev–Trinajstić information content (AvgIpc) is 2.94. The largest absolute Gasteiger partial charge is 0.379 e. The molecule has 1 saturated heterocycles. The van der Waals surface area contributed by atoms with Gasteiger partial charge in [-0.15, -0.1) is 0 Å². The molecule has 0 saturated carbocycles. The topological polar surface area (TPSA) is 86.0 Å². The van der Waals surface area contributed by atoms with Crippen molar-refractivity contribution < 1.29 is 13.2 Å². The van der Waals surface area contributed by atoms with E-state index in [1.807, 2.05) is 30.3 Å². The lowest BCUT2D eigenvalue weighted by atomic mass is 10.1. The first-order chi connectivity index (χ1) is 14.1. The first-order valence-corrected chi connectivity index (χ1v) is 10.9. The second kappa shape index (κ2) is 8.43. The summed E-state index contributed by atoms with van der Waals surface area (Å²) in [5.74, 6) is 0. The van der Waals surface area contributed by atoms with Crippen molar-refractivity contribution >= 4 is 22.1 Å². The molecule has 0 aliphatic carbocycles. The van der Waals surface area contributed by atoms with Gasteiger partial charge in [0.05, 0.1) is 36.6 Å². The minimum atomic E-state index is -3.73. The van der Waals surface area contributed by atoms with Crippen LogP contribution in [0.5, 0.6) is 0 Å². The van der Waals surface area contributed by atoms with Crippen molar-refractivity contribution in [2.45, 2.75) is 19.0 Å². The summed E-state index contributed by atoms with van der Waals surface area (Å²) in [6.07, 6.45) is 2.23. The van der Waals surface area contributed by atoms with E-state index < -0.39 is 16.3 Å². The molecule has 4 rings (SSSR count). The summed E-state index contributed by atoms with van der Waals surface area (Å²) >= 11 is 0. The van der Waals surface area contributed by atoms with Gasteiger partial charge in [0.1, 0.15) is 0 Å². The zero-order chi connectivity index (χ0) is 20.3. The maximum Gasteiger partial charge on any atom is 0.283 e. The molecule has 29 heavy (non-hydrogen) atoms. The highest BCUT2D eigenvalue weighted by molar-refractivity contribution is 7.86. The van der Waals surface area contributed by atoms with Crippen LogP contribution in [0.2, 0.25) is 0 Å². The molecule has 0 bridgehead atoms. The number of morpholine rings is 1. The fourth-order valence-electron chi connectivity index (χ4n) is 3.62. The van der Waals surface area contributed by atoms with E-state index in [2.05, 4.69) is 11.1 Å². The Morgan fingerprint density at radius 1 is 1.14 bits per heavy atom. The molecule has 0 N–H and O–H groups in total. The molecule has 7 nitrogen and oxygen atoms in total. The minimum absolute atomic E-state index is 0.169. The van der Waals surface area contributed by atoms with Gasteiger partial charge >= 0.3 is 0 Å². The van der Waals surface area contributed by atoms with Crippen LogP contribution in [0.25, 0.3) is 0 Å². The van der Waals surface area contributed by atoms with Gasteiger partial charge in [-0.3, -0.25) is 4.99 Å². The Kier molecular flexibility index (Phi) is 5.74. The molecule has 0 spiro atoms. The Morgan fingerprint density at radius 3 is 2.62 bits per heavy atom. The van der Waals surface area contributed by atoms with E-state index in [9.17, 15) is 13.7 Å². The highest BCUT2D eigenvalue weighted by Crippen LogP contribution is 2.29. The van der Waals surface area contributed by atoms with Crippen LogP contribution < -0.4 is 0 Å². The molecule has 1 unspecified atom stereocenters. The highest BCUT2D eigenvalue weighted by Gasteiger charge is 2.36. The summed E-state index contributed by atoms with van der Waals surface area (Å²) in [6, 6.07) is 16.7. The van der Waals surface area contributed by atoms with Gasteiger partial charge < -0.3 is 4.74 Å². The summed E-state index contributed by atoms with van der Waals surface area (Å²) in [7, 11) is -3.73. The van der Waals surface area contributed by atoms with Crippen LogP contribution in [0.1, 0.15) is 16.7 Å². The lowest BCUT2D eigenvalue weighted by Crippen LogP contribution is -2.52. The molecular formula is C21H22N4O3S. The number of rotatable bonds is 4. The van der Waals surface area contributed by atoms with Gasteiger partial charge in [-0.05, 0) is 35.7 Å². The molecule has 8 heteroatoms. The van der Waals surface area contributed by atoms with Crippen molar-refractivity contribution in [2.24, 2.45) is 4.99 Å². The van der Waals surface area contributed by atoms with Crippen molar-refractivity contribution in [3.8, 4) is 6.07 Å². The van der Waals surface area contributed by atoms with E-state index in [4.69, 9.17) is 4.74 Å². The summed E-state index contributed by atoms with van der Waals surface area (Å²) in [5, 5.41) is 9.24. The van der Waals surface area contributed by atoms with E-state index in [0.717, 1.165) is 11.1 Å². The molecule has 0 amide bonds. The van der Waals surface area contributed by atoms with Gasteiger partial charge in [-0.2, -0.15) is 22.3 Å². The number of nitriles is 1. The molecule has 0 radical (unpaired) electrons. The van der Waals surface area contributed by atoms with Crippen LogP contribution >= 0.6 is 0 Å². The Labute approximate surface area is 171 Å². The number of aliphatic imine (C=N–C) groups is 1. The number of hydrogen-bond donors (Lipinski definition) is 0. The van der Waals surface area contributed by atoms with E-state index in [1.54, 1.807) is 24.4 Å². The van der Waals surface area contributed by atoms with Crippen molar-refractivity contribution in [2.75, 3.05) is 26.3 Å². The first kappa shape index (κ1) is 19.7. The molecule has 2 aromatic rings. The van der Waals surface area contributed by atoms with Gasteiger partial charge in [0.25, 0.3) is 10.2 Å². The fraction of sp³-hybridized carbons (Fsp3) is 0.333. The molecule has 1 atom stereocenters. The normalized spacial score (nSPS) is 20.6. The molecule has 2 aromatic carbocycles. The number of fused-ring (bicyclic) bond motifs is 1. The monoisotopic (exact) mass is 410 g/mol. The SMILES string of the molecule is N#Cc1ccc2c(c1)CN(S(=O)(=O)N1CCOCC1)C(Cc1ccccc1)C=N2. The second-order valence-corrected chi connectivity index (χ2v) is 8.94. The highest BCUT2D eigenvalue weighted by atomic mass is 32.2. The zero-order valence-corrected chi connectivity index (χ0v) is 16.8. The number of nitrogens with zero attached hydrogens (tertiary/aromatic N) is 4. The third-order valence-corrected chi connectivity index (χ3v) is 7.18. The molecular weight excluding hydrogens is 388 g/mol. The van der Waals surface area contributed by atoms with Crippen molar-refractivity contribution in [3.05, 3.63) is 65.2 Å². The van der Waals surface area contributed by atoms with E-state index in [1.165, 1.54) is 8.61 Å². The quantitative estimate of drug-likeness (QED) is 0.774. The van der Waals surface area contributed by atoms with Crippen LogP contribution in [0.4, 0.5) is 5.69 Å². The molecule has 1 fully saturated rings. The maximum absolute atomic E-state index is 13.5. The van der Waals surface area contributed by atoms with Crippen molar-refractivity contribution in [1.29, 1.82) is 5.26 Å². The standard InChI is InChI=1S/C21H22N4O3S/c22-14-18-6-7-21-19(12-18)16-25(29(26,27)24-8-10-28-11-9-24)20(15-23-21)13-17-4-2-1-3-5-17/h1-7,12,15,20H,8-11,13,16H2. The van der Waals surface area contributed by atoms with Crippen LogP contribution in [-0.4, -0.2) is 55.6 Å². The Balaban J connectivity index is 1.73. The van der Waals surface area contributed by atoms with Crippen molar-refractivity contribution in [1.82, 2.24) is 8.61 Å². The molecule has 0 aromatic heterocycles. The molecule has 150 valence electrons. The third-order valence-electron chi connectivity index (χ3n) is 5.17. The first-order valence-electron chi connectivity index (χ1n) is 9.54. The van der Waals surface area contributed by atoms with Crippen molar-refractivity contribution in [3.63, 3.8) is 0 Å². The van der Waals surface area contributed by atoms with Crippen LogP contribution in [0.3, 0.4) is 0 Å². The van der Waals surface area contributed by atoms with Crippen LogP contribution in [0.15, 0.2) is 53.5 Å². The predicted molar refractivity (Wildman–Crippen MR) is 110 cm³/mol. The van der Waals surface area contributed by atoms with E-state index in [0.29, 0.717) is 44.0 Å². The summed E-state index contributed by atoms with van der Waals surface area (Å²) < 4.78 is 35.4. The lowest BCUT2D eigenvalue weighted by Gasteiger charge is -2.34. The van der Waals surface area contributed by atoms with E-state index >= 15 is 0 Å². The lowest BCUT2D eigenvalue weighted by molar-refractivity contribution is 0.0696. The minimum Gasteiger partial charge on any atom is -0.379 e. The van der Waals surface area contributed by atoms with Crippen LogP contribution in [-0.2, 0) is 27.9 Å².